The molecule has 5 heteroatoms. The van der Waals surface area contributed by atoms with Crippen LogP contribution in [0.25, 0.3) is 0 Å². The molecular weight excluding hydrogens is 316 g/mol. The van der Waals surface area contributed by atoms with E-state index in [1.54, 1.807) is 0 Å². The van der Waals surface area contributed by atoms with Gasteiger partial charge >= 0.3 is 0 Å². The number of nitrogens with two attached hydrogens (primary N) is 1. The van der Waals surface area contributed by atoms with Gasteiger partial charge in [-0.3, -0.25) is 0 Å². The van der Waals surface area contributed by atoms with E-state index in [2.05, 4.69) is 43.8 Å². The van der Waals surface area contributed by atoms with E-state index in [9.17, 15) is 5.26 Å². The van der Waals surface area contributed by atoms with E-state index in [1.807, 2.05) is 24.1 Å². The number of nitriles is 1. The molecule has 0 bridgehead atoms. The monoisotopic (exact) mass is 334 g/mol. The van der Waals surface area contributed by atoms with Crippen molar-refractivity contribution in [2.45, 2.75) is 24.3 Å². The second-order valence-corrected chi connectivity index (χ2v) is 7.65. The zero-order valence-electron chi connectivity index (χ0n) is 13.7. The quantitative estimate of drug-likeness (QED) is 0.871. The molecule has 1 aliphatic heterocycles. The van der Waals surface area contributed by atoms with Crippen LogP contribution in [0, 0.1) is 11.3 Å². The zero-order valence-corrected chi connectivity index (χ0v) is 14.5. The average Bonchev–Trinajstić information content (AvgIpc) is 3.03. The highest BCUT2D eigenvalue weighted by atomic mass is 32.1. The van der Waals surface area contributed by atoms with E-state index >= 15 is 0 Å². The molecule has 1 aromatic carbocycles. The van der Waals surface area contributed by atoms with Gasteiger partial charge in [0, 0.05) is 17.6 Å². The van der Waals surface area contributed by atoms with Gasteiger partial charge in [-0.25, -0.2) is 4.99 Å². The lowest BCUT2D eigenvalue weighted by Crippen LogP contribution is -2.62. The lowest BCUT2D eigenvalue weighted by atomic mass is 9.52. The van der Waals surface area contributed by atoms with Crippen molar-refractivity contribution in [3.05, 3.63) is 69.6 Å². The molecule has 4 rings (SSSR count). The first kappa shape index (κ1) is 15.0. The molecular formula is C19H18N4S. The van der Waals surface area contributed by atoms with Gasteiger partial charge in [0.05, 0.1) is 5.41 Å². The minimum Gasteiger partial charge on any atom is -0.370 e. The summed E-state index contributed by atoms with van der Waals surface area (Å²) in [4.78, 5) is 8.52. The third-order valence-corrected chi connectivity index (χ3v) is 6.74. The molecule has 0 saturated heterocycles. The van der Waals surface area contributed by atoms with Crippen molar-refractivity contribution in [2.24, 2.45) is 10.7 Å². The van der Waals surface area contributed by atoms with Crippen molar-refractivity contribution >= 4 is 17.3 Å². The number of guanidine groups is 1. The molecule has 24 heavy (non-hydrogen) atoms. The number of aliphatic imine (C=N–C) groups is 1. The summed E-state index contributed by atoms with van der Waals surface area (Å²) >= 11 is 1.49. The molecule has 2 N–H and O–H groups in total. The maximum atomic E-state index is 9.21. The third-order valence-electron chi connectivity index (χ3n) is 5.54. The molecule has 2 heterocycles. The minimum absolute atomic E-state index is 0.321. The molecule has 1 spiro atoms. The highest BCUT2D eigenvalue weighted by Gasteiger charge is 2.61. The summed E-state index contributed by atoms with van der Waals surface area (Å²) in [6, 6.07) is 14.5. The largest absolute Gasteiger partial charge is 0.370 e. The fourth-order valence-electron chi connectivity index (χ4n) is 4.09. The first-order valence-corrected chi connectivity index (χ1v) is 8.63. The van der Waals surface area contributed by atoms with Gasteiger partial charge < -0.3 is 10.6 Å². The molecule has 1 aromatic heterocycles. The fourth-order valence-corrected chi connectivity index (χ4v) is 5.06. The Morgan fingerprint density at radius 2 is 2.08 bits per heavy atom. The van der Waals surface area contributed by atoms with Crippen LogP contribution in [0.5, 0.6) is 0 Å². The molecule has 0 radical (unpaired) electrons. The summed E-state index contributed by atoms with van der Waals surface area (Å²) in [6.07, 6.45) is 0.874. The second kappa shape index (κ2) is 4.71. The highest BCUT2D eigenvalue weighted by molar-refractivity contribution is 7.12. The summed E-state index contributed by atoms with van der Waals surface area (Å²) in [7, 11) is 1.92. The van der Waals surface area contributed by atoms with Gasteiger partial charge in [0.25, 0.3) is 0 Å². The van der Waals surface area contributed by atoms with Gasteiger partial charge in [0.1, 0.15) is 16.5 Å². The lowest BCUT2D eigenvalue weighted by Gasteiger charge is -2.58. The Bertz CT molecular complexity index is 935. The predicted molar refractivity (Wildman–Crippen MR) is 96.7 cm³/mol. The van der Waals surface area contributed by atoms with Crippen LogP contribution in [0.3, 0.4) is 0 Å². The molecule has 2 aromatic rings. The van der Waals surface area contributed by atoms with Crippen LogP contribution in [0.4, 0.5) is 0 Å². The van der Waals surface area contributed by atoms with Crippen LogP contribution in [0.15, 0.2) is 53.7 Å². The number of thiophene rings is 1. The number of likely N-dealkylation sites (N-methyl/N-ethyl adjacent to an activating group) is 1. The molecule has 120 valence electrons. The van der Waals surface area contributed by atoms with E-state index in [-0.39, 0.29) is 5.41 Å². The first-order chi connectivity index (χ1) is 11.4. The predicted octanol–water partition coefficient (Wildman–Crippen LogP) is 3.10. The molecule has 0 fully saturated rings. The number of hydrogen-bond acceptors (Lipinski definition) is 5. The molecule has 0 saturated carbocycles. The van der Waals surface area contributed by atoms with Crippen molar-refractivity contribution in [3.63, 3.8) is 0 Å². The SMILES string of the molecule is C=C1N(C)C(N)=NC(C)(c2ccc(C#N)s2)C12Cc1ccccc12. The summed E-state index contributed by atoms with van der Waals surface area (Å²) in [5, 5.41) is 9.21. The number of nitrogens with zero attached hydrogens (tertiary/aromatic N) is 3. The van der Waals surface area contributed by atoms with E-state index in [0.717, 1.165) is 17.0 Å². The van der Waals surface area contributed by atoms with Crippen LogP contribution < -0.4 is 5.73 Å². The summed E-state index contributed by atoms with van der Waals surface area (Å²) < 4.78 is 0. The van der Waals surface area contributed by atoms with Gasteiger partial charge in [-0.05, 0) is 36.6 Å². The Balaban J connectivity index is 2.00. The highest BCUT2D eigenvalue weighted by Crippen LogP contribution is 2.60. The van der Waals surface area contributed by atoms with Crippen molar-refractivity contribution < 1.29 is 0 Å². The molecule has 4 nitrogen and oxygen atoms in total. The van der Waals surface area contributed by atoms with Gasteiger partial charge in [-0.2, -0.15) is 5.26 Å². The standard InChI is InChI=1S/C19H18N4S/c1-12-19(10-13-6-4-5-7-15(13)19)18(2,22-17(21)23(12)3)16-9-8-14(11-20)24-16/h4-9H,1,10H2,2-3H3,(H2,21,22). The van der Waals surface area contributed by atoms with E-state index in [1.165, 1.54) is 22.5 Å². The van der Waals surface area contributed by atoms with Crippen LogP contribution in [0.2, 0.25) is 0 Å². The Morgan fingerprint density at radius 1 is 1.33 bits per heavy atom. The van der Waals surface area contributed by atoms with Crippen molar-refractivity contribution in [3.8, 4) is 6.07 Å². The molecule has 2 unspecified atom stereocenters. The fraction of sp³-hybridized carbons (Fsp3) is 0.263. The van der Waals surface area contributed by atoms with Gasteiger partial charge in [-0.1, -0.05) is 30.8 Å². The molecule has 2 atom stereocenters. The maximum Gasteiger partial charge on any atom is 0.196 e. The molecule has 1 aliphatic carbocycles. The van der Waals surface area contributed by atoms with Crippen molar-refractivity contribution in [1.29, 1.82) is 5.26 Å². The third kappa shape index (κ3) is 1.59. The van der Waals surface area contributed by atoms with Crippen LogP contribution in [0.1, 0.15) is 27.8 Å². The normalized spacial score (nSPS) is 28.1. The average molecular weight is 334 g/mol. The zero-order chi connectivity index (χ0) is 17.1. The smallest absolute Gasteiger partial charge is 0.196 e. The summed E-state index contributed by atoms with van der Waals surface area (Å²) in [6.45, 7) is 6.48. The number of rotatable bonds is 1. The Kier molecular flexibility index (Phi) is 2.94. The lowest BCUT2D eigenvalue weighted by molar-refractivity contribution is 0.200. The first-order valence-electron chi connectivity index (χ1n) is 7.81. The number of fused-ring (bicyclic) bond motifs is 2. The number of benzene rings is 1. The van der Waals surface area contributed by atoms with E-state index < -0.39 is 5.54 Å². The Labute approximate surface area is 145 Å². The van der Waals surface area contributed by atoms with E-state index in [0.29, 0.717) is 10.8 Å². The second-order valence-electron chi connectivity index (χ2n) is 6.56. The summed E-state index contributed by atoms with van der Waals surface area (Å²) in [5.74, 6) is 0.462. The molecule has 2 aliphatic rings. The van der Waals surface area contributed by atoms with Gasteiger partial charge in [0.2, 0.25) is 0 Å². The van der Waals surface area contributed by atoms with Crippen molar-refractivity contribution in [1.82, 2.24) is 4.90 Å². The van der Waals surface area contributed by atoms with Crippen molar-refractivity contribution in [2.75, 3.05) is 7.05 Å². The van der Waals surface area contributed by atoms with Crippen LogP contribution in [-0.4, -0.2) is 17.9 Å². The molecule has 0 amide bonds. The number of hydrogen-bond donors (Lipinski definition) is 1. The van der Waals surface area contributed by atoms with Crippen LogP contribution >= 0.6 is 11.3 Å². The topological polar surface area (TPSA) is 65.4 Å². The van der Waals surface area contributed by atoms with Crippen LogP contribution in [-0.2, 0) is 17.4 Å². The van der Waals surface area contributed by atoms with E-state index in [4.69, 9.17) is 10.7 Å². The maximum absolute atomic E-state index is 9.21. The minimum atomic E-state index is -0.561. The summed E-state index contributed by atoms with van der Waals surface area (Å²) in [5.41, 5.74) is 8.86. The Hall–Kier alpha value is -2.58. The Morgan fingerprint density at radius 3 is 2.75 bits per heavy atom. The van der Waals surface area contributed by atoms with Gasteiger partial charge in [-0.15, -0.1) is 11.3 Å². The van der Waals surface area contributed by atoms with Gasteiger partial charge in [0.15, 0.2) is 5.96 Å².